The van der Waals surface area contributed by atoms with E-state index in [4.69, 9.17) is 0 Å². The molecule has 1 aliphatic carbocycles. The third-order valence-corrected chi connectivity index (χ3v) is 4.62. The SMILES string of the molecule is Cn1cc2c(NCC3(CCO)CCCCC3)ncnc2n1. The average molecular weight is 289 g/mol. The lowest BCUT2D eigenvalue weighted by Gasteiger charge is -2.37. The van der Waals surface area contributed by atoms with Crippen LogP contribution in [0.15, 0.2) is 12.5 Å². The molecule has 6 heteroatoms. The Kier molecular flexibility index (Phi) is 4.05. The number of nitrogens with one attached hydrogen (secondary N) is 1. The fourth-order valence-corrected chi connectivity index (χ4v) is 3.42. The van der Waals surface area contributed by atoms with Gasteiger partial charge in [0.15, 0.2) is 5.65 Å². The molecule has 6 nitrogen and oxygen atoms in total. The average Bonchev–Trinajstić information content (AvgIpc) is 2.87. The second kappa shape index (κ2) is 5.97. The lowest BCUT2D eigenvalue weighted by atomic mass is 9.72. The number of hydrogen-bond acceptors (Lipinski definition) is 5. The van der Waals surface area contributed by atoms with Crippen molar-refractivity contribution in [2.75, 3.05) is 18.5 Å². The zero-order chi connectivity index (χ0) is 14.7. The van der Waals surface area contributed by atoms with E-state index in [2.05, 4.69) is 20.4 Å². The monoisotopic (exact) mass is 289 g/mol. The maximum Gasteiger partial charge on any atom is 0.186 e. The summed E-state index contributed by atoms with van der Waals surface area (Å²) in [7, 11) is 1.89. The van der Waals surface area contributed by atoms with E-state index >= 15 is 0 Å². The molecule has 0 spiro atoms. The van der Waals surface area contributed by atoms with Gasteiger partial charge in [-0.1, -0.05) is 19.3 Å². The van der Waals surface area contributed by atoms with Crippen molar-refractivity contribution in [2.45, 2.75) is 38.5 Å². The third kappa shape index (κ3) is 3.00. The van der Waals surface area contributed by atoms with Crippen molar-refractivity contribution in [3.63, 3.8) is 0 Å². The summed E-state index contributed by atoms with van der Waals surface area (Å²) in [5.74, 6) is 0.844. The number of aryl methyl sites for hydroxylation is 1. The molecule has 0 bridgehead atoms. The van der Waals surface area contributed by atoms with Crippen molar-refractivity contribution in [1.29, 1.82) is 0 Å². The third-order valence-electron chi connectivity index (χ3n) is 4.62. The summed E-state index contributed by atoms with van der Waals surface area (Å²) >= 11 is 0. The molecule has 1 fully saturated rings. The van der Waals surface area contributed by atoms with Gasteiger partial charge in [-0.15, -0.1) is 0 Å². The van der Waals surface area contributed by atoms with E-state index in [1.807, 2.05) is 13.2 Å². The van der Waals surface area contributed by atoms with Crippen LogP contribution >= 0.6 is 0 Å². The maximum atomic E-state index is 9.39. The molecule has 2 aromatic heterocycles. The minimum absolute atomic E-state index is 0.201. The molecule has 2 aromatic rings. The lowest BCUT2D eigenvalue weighted by molar-refractivity contribution is 0.141. The second-order valence-electron chi connectivity index (χ2n) is 6.15. The fourth-order valence-electron chi connectivity index (χ4n) is 3.42. The highest BCUT2D eigenvalue weighted by Gasteiger charge is 2.31. The Morgan fingerprint density at radius 1 is 1.29 bits per heavy atom. The number of nitrogens with zero attached hydrogens (tertiary/aromatic N) is 4. The van der Waals surface area contributed by atoms with Crippen LogP contribution < -0.4 is 5.32 Å². The first-order valence-corrected chi connectivity index (χ1v) is 7.72. The normalized spacial score (nSPS) is 18.0. The van der Waals surface area contributed by atoms with Crippen LogP contribution in [-0.2, 0) is 7.05 Å². The molecular weight excluding hydrogens is 266 g/mol. The summed E-state index contributed by atoms with van der Waals surface area (Å²) in [5.41, 5.74) is 0.918. The highest BCUT2D eigenvalue weighted by molar-refractivity contribution is 5.85. The highest BCUT2D eigenvalue weighted by Crippen LogP contribution is 2.39. The molecule has 0 aliphatic heterocycles. The van der Waals surface area contributed by atoms with Gasteiger partial charge in [-0.05, 0) is 24.7 Å². The van der Waals surface area contributed by atoms with Crippen LogP contribution in [0.4, 0.5) is 5.82 Å². The summed E-state index contributed by atoms with van der Waals surface area (Å²) in [6, 6.07) is 0. The van der Waals surface area contributed by atoms with Gasteiger partial charge >= 0.3 is 0 Å². The first-order valence-electron chi connectivity index (χ1n) is 7.72. The van der Waals surface area contributed by atoms with E-state index < -0.39 is 0 Å². The van der Waals surface area contributed by atoms with E-state index in [0.717, 1.165) is 29.8 Å². The summed E-state index contributed by atoms with van der Waals surface area (Å²) in [5, 5.41) is 18.1. The zero-order valence-electron chi connectivity index (χ0n) is 12.5. The number of hydrogen-bond donors (Lipinski definition) is 2. The Hall–Kier alpha value is -1.69. The summed E-state index contributed by atoms with van der Waals surface area (Å²) < 4.78 is 1.76. The summed E-state index contributed by atoms with van der Waals surface area (Å²) in [6.07, 6.45) is 10.6. The van der Waals surface area contributed by atoms with Gasteiger partial charge in [0.25, 0.3) is 0 Å². The Morgan fingerprint density at radius 3 is 2.86 bits per heavy atom. The first kappa shape index (κ1) is 14.3. The van der Waals surface area contributed by atoms with Crippen molar-refractivity contribution >= 4 is 16.9 Å². The summed E-state index contributed by atoms with van der Waals surface area (Å²) in [4.78, 5) is 8.55. The van der Waals surface area contributed by atoms with E-state index in [1.165, 1.54) is 32.1 Å². The molecule has 3 rings (SSSR count). The minimum Gasteiger partial charge on any atom is -0.396 e. The topological polar surface area (TPSA) is 75.9 Å². The molecule has 0 aromatic carbocycles. The number of fused-ring (bicyclic) bond motifs is 1. The second-order valence-corrected chi connectivity index (χ2v) is 6.15. The van der Waals surface area contributed by atoms with E-state index in [-0.39, 0.29) is 12.0 Å². The predicted molar refractivity (Wildman–Crippen MR) is 82.0 cm³/mol. The van der Waals surface area contributed by atoms with Gasteiger partial charge < -0.3 is 10.4 Å². The van der Waals surface area contributed by atoms with Crippen LogP contribution in [-0.4, -0.2) is 38.0 Å². The van der Waals surface area contributed by atoms with Crippen molar-refractivity contribution in [3.05, 3.63) is 12.5 Å². The van der Waals surface area contributed by atoms with Gasteiger partial charge in [0.1, 0.15) is 12.1 Å². The molecule has 0 unspecified atom stereocenters. The molecule has 0 amide bonds. The minimum atomic E-state index is 0.201. The van der Waals surface area contributed by atoms with Gasteiger partial charge in [-0.2, -0.15) is 5.10 Å². The first-order chi connectivity index (χ1) is 10.2. The van der Waals surface area contributed by atoms with Crippen molar-refractivity contribution in [1.82, 2.24) is 19.7 Å². The molecule has 1 saturated carbocycles. The zero-order valence-corrected chi connectivity index (χ0v) is 12.5. The number of aliphatic hydroxyl groups is 1. The molecule has 114 valence electrons. The van der Waals surface area contributed by atoms with Gasteiger partial charge in [0, 0.05) is 26.4 Å². The van der Waals surface area contributed by atoms with Crippen LogP contribution in [0.25, 0.3) is 11.0 Å². The smallest absolute Gasteiger partial charge is 0.186 e. The van der Waals surface area contributed by atoms with Gasteiger partial charge in [0.05, 0.1) is 5.39 Å². The van der Waals surface area contributed by atoms with E-state index in [9.17, 15) is 5.11 Å². The van der Waals surface area contributed by atoms with Crippen LogP contribution in [0.2, 0.25) is 0 Å². The number of anilines is 1. The molecule has 2 heterocycles. The van der Waals surface area contributed by atoms with E-state index in [1.54, 1.807) is 11.0 Å². The predicted octanol–water partition coefficient (Wildman–Crippen LogP) is 2.11. The molecule has 0 radical (unpaired) electrons. The standard InChI is InChI=1S/C15H23N5O/c1-20-9-12-13(17-11-18-14(12)19-20)16-10-15(7-8-21)5-3-2-4-6-15/h9,11,21H,2-8,10H2,1H3,(H,16,17,18,19). The number of aliphatic hydroxyl groups excluding tert-OH is 1. The highest BCUT2D eigenvalue weighted by atomic mass is 16.3. The molecule has 1 aliphatic rings. The van der Waals surface area contributed by atoms with Gasteiger partial charge in [0.2, 0.25) is 0 Å². The Balaban J connectivity index is 1.78. The van der Waals surface area contributed by atoms with Crippen LogP contribution in [0, 0.1) is 5.41 Å². The number of aromatic nitrogens is 4. The Morgan fingerprint density at radius 2 is 2.10 bits per heavy atom. The molecule has 0 atom stereocenters. The van der Waals surface area contributed by atoms with Crippen LogP contribution in [0.3, 0.4) is 0 Å². The van der Waals surface area contributed by atoms with Gasteiger partial charge in [-0.25, -0.2) is 9.97 Å². The van der Waals surface area contributed by atoms with E-state index in [0.29, 0.717) is 0 Å². The molecule has 2 N–H and O–H groups in total. The summed E-state index contributed by atoms with van der Waals surface area (Å²) in [6.45, 7) is 1.11. The largest absolute Gasteiger partial charge is 0.396 e. The van der Waals surface area contributed by atoms with Crippen LogP contribution in [0.5, 0.6) is 0 Å². The Bertz CT molecular complexity index is 598. The quantitative estimate of drug-likeness (QED) is 0.881. The molecular formula is C15H23N5O. The maximum absolute atomic E-state index is 9.39. The van der Waals surface area contributed by atoms with Crippen LogP contribution in [0.1, 0.15) is 38.5 Å². The lowest BCUT2D eigenvalue weighted by Crippen LogP contribution is -2.33. The van der Waals surface area contributed by atoms with Crippen molar-refractivity contribution in [2.24, 2.45) is 12.5 Å². The number of rotatable bonds is 5. The fraction of sp³-hybridized carbons (Fsp3) is 0.667. The molecule has 21 heavy (non-hydrogen) atoms. The van der Waals surface area contributed by atoms with Crippen molar-refractivity contribution in [3.8, 4) is 0 Å². The van der Waals surface area contributed by atoms with Crippen molar-refractivity contribution < 1.29 is 5.11 Å². The Labute approximate surface area is 124 Å². The van der Waals surface area contributed by atoms with Gasteiger partial charge in [-0.3, -0.25) is 4.68 Å². The molecule has 0 saturated heterocycles.